The molecule has 2 saturated heterocycles. The molecule has 2 aliphatic carbocycles. The molecule has 1 amide bonds. The molecule has 2 aliphatic heterocycles. The number of hydrogen-bond acceptors (Lipinski definition) is 16. The average Bonchev–Trinajstić information content (AvgIpc) is 3.56. The molecule has 12 atom stereocenters. The van der Waals surface area contributed by atoms with E-state index < -0.39 is 112 Å². The largest absolute Gasteiger partial charge is 0.509 e. The Morgan fingerprint density at radius 3 is 2.13 bits per heavy atom. The minimum absolute atomic E-state index is 0.0226. The lowest BCUT2D eigenvalue weighted by atomic mass is 9.48. The summed E-state index contributed by atoms with van der Waals surface area (Å²) >= 11 is 0. The number of ether oxygens (including phenoxy) is 7. The third-order valence-corrected chi connectivity index (χ3v) is 12.7. The highest BCUT2D eigenvalue weighted by molar-refractivity contribution is 5.89. The van der Waals surface area contributed by atoms with Crippen molar-refractivity contribution in [3.63, 3.8) is 0 Å². The first-order valence-corrected chi connectivity index (χ1v) is 20.4. The number of aliphatic hydroxyl groups is 3. The van der Waals surface area contributed by atoms with Crippen molar-refractivity contribution in [3.05, 3.63) is 82.9 Å². The zero-order valence-electron chi connectivity index (χ0n) is 36.1. The fourth-order valence-electron chi connectivity index (χ4n) is 10.0. The first-order valence-electron chi connectivity index (χ1n) is 20.4. The van der Waals surface area contributed by atoms with E-state index in [0.717, 1.165) is 6.92 Å². The van der Waals surface area contributed by atoms with E-state index in [9.17, 15) is 44.1 Å². The molecule has 0 aromatic heterocycles. The number of rotatable bonds is 12. The van der Waals surface area contributed by atoms with Crippen molar-refractivity contribution in [1.29, 1.82) is 0 Å². The van der Waals surface area contributed by atoms with Gasteiger partial charge in [-0.3, -0.25) is 4.79 Å². The fourth-order valence-corrected chi connectivity index (χ4v) is 10.0. The summed E-state index contributed by atoms with van der Waals surface area (Å²) in [4.78, 5) is 82.2. The van der Waals surface area contributed by atoms with Crippen LogP contribution in [0.3, 0.4) is 0 Å². The number of esters is 3. The number of amides is 1. The lowest BCUT2D eigenvalue weighted by molar-refractivity contribution is -0.341. The van der Waals surface area contributed by atoms with E-state index >= 15 is 0 Å². The van der Waals surface area contributed by atoms with Gasteiger partial charge in [0, 0.05) is 18.8 Å². The highest BCUT2D eigenvalue weighted by atomic mass is 16.8. The smallest absolute Gasteiger partial charge is 0.454 e. The normalized spacial score (nSPS) is 31.8. The van der Waals surface area contributed by atoms with E-state index in [2.05, 4.69) is 5.32 Å². The van der Waals surface area contributed by atoms with Gasteiger partial charge in [-0.05, 0) is 70.4 Å². The lowest BCUT2D eigenvalue weighted by Crippen LogP contribution is -2.81. The summed E-state index contributed by atoms with van der Waals surface area (Å²) in [6.45, 7) is 13.2. The van der Waals surface area contributed by atoms with E-state index in [1.54, 1.807) is 83.1 Å². The van der Waals surface area contributed by atoms with Crippen molar-refractivity contribution in [1.82, 2.24) is 5.32 Å². The summed E-state index contributed by atoms with van der Waals surface area (Å²) in [5.74, 6) is -4.68. The molecule has 2 aromatic rings. The van der Waals surface area contributed by atoms with E-state index in [0.29, 0.717) is 11.8 Å². The number of alkyl carbamates (subject to hydrolysis) is 1. The van der Waals surface area contributed by atoms with Gasteiger partial charge >= 0.3 is 30.2 Å². The standard InChI is InChI=1S/C45H55NO16/c1-23-30(24(2)48)42(7,8)45(35(59-40(55)62-45)33(23)57-38(53)32(51)31(26-16-12-10-13-17-26)46-39(54)61-41(4,5)6)36(58-37(52)27-18-14-11-15-19-27)34-43(9,21-47)28(50)20-29-44(34,22-56-29)60-25(3)49/h10-19,21,24,28-29,31-36,48,50-51H,20,22H2,1-9H3,(H,46,54)/t24-,28?,29+,31-,32+,33+,34-,35-,36-,43+,44?,45+/m0/s1. The maximum Gasteiger partial charge on any atom is 0.509 e. The monoisotopic (exact) mass is 865 g/mol. The van der Waals surface area contributed by atoms with E-state index in [4.69, 9.17) is 33.2 Å². The number of aldehydes is 1. The summed E-state index contributed by atoms with van der Waals surface area (Å²) < 4.78 is 42.1. The van der Waals surface area contributed by atoms with Gasteiger partial charge in [0.25, 0.3) is 0 Å². The third kappa shape index (κ3) is 7.84. The van der Waals surface area contributed by atoms with Crippen LogP contribution in [0.4, 0.5) is 9.59 Å². The van der Waals surface area contributed by atoms with Gasteiger partial charge in [-0.25, -0.2) is 19.2 Å². The second-order valence-corrected chi connectivity index (χ2v) is 18.2. The van der Waals surface area contributed by atoms with E-state index in [-0.39, 0.29) is 29.7 Å². The Morgan fingerprint density at radius 2 is 1.60 bits per heavy atom. The molecule has 4 N–H and O–H groups in total. The molecule has 1 saturated carbocycles. The topological polar surface area (TPSA) is 240 Å². The van der Waals surface area contributed by atoms with Crippen molar-refractivity contribution < 1.29 is 77.2 Å². The second-order valence-electron chi connectivity index (χ2n) is 18.2. The van der Waals surface area contributed by atoms with Crippen molar-refractivity contribution >= 4 is 36.4 Å². The van der Waals surface area contributed by atoms with Gasteiger partial charge in [0.1, 0.15) is 18.0 Å². The SMILES string of the molecule is CC(=O)OC12CO[C@@H]1CC(O)[C@@](C)(C=O)[C@@H]2[C@H](OC(=O)c1ccccc1)[C@]12OC(=O)O[C@H]1[C@H](OC(=O)[C@H](O)[C@@H](NC(=O)OC(C)(C)C)c1ccccc1)C(C)=C([C@H](C)O)C2(C)C. The van der Waals surface area contributed by atoms with Crippen LogP contribution < -0.4 is 5.32 Å². The molecule has 0 bridgehead atoms. The zero-order chi connectivity index (χ0) is 45.7. The molecule has 17 nitrogen and oxygen atoms in total. The molecular weight excluding hydrogens is 810 g/mol. The Hall–Kier alpha value is -5.36. The quantitative estimate of drug-likeness (QED) is 0.102. The van der Waals surface area contributed by atoms with Crippen LogP contribution in [0.2, 0.25) is 0 Å². The third-order valence-electron chi connectivity index (χ3n) is 12.7. The Balaban J connectivity index is 1.55. The first kappa shape index (κ1) is 46.2. The summed E-state index contributed by atoms with van der Waals surface area (Å²) in [6.07, 6.45) is -13.5. The number of carbonyl (C=O) groups excluding carboxylic acids is 6. The van der Waals surface area contributed by atoms with Gasteiger partial charge in [0.2, 0.25) is 5.60 Å². The minimum atomic E-state index is -2.39. The summed E-state index contributed by atoms with van der Waals surface area (Å²) in [5, 5.41) is 37.7. The van der Waals surface area contributed by atoms with Gasteiger partial charge in [-0.1, -0.05) is 62.4 Å². The lowest BCUT2D eigenvalue weighted by Gasteiger charge is -2.65. The molecule has 62 heavy (non-hydrogen) atoms. The van der Waals surface area contributed by atoms with Crippen molar-refractivity contribution in [2.45, 2.75) is 134 Å². The number of aliphatic hydroxyl groups excluding tert-OH is 3. The highest BCUT2D eigenvalue weighted by Gasteiger charge is 2.80. The van der Waals surface area contributed by atoms with Crippen molar-refractivity contribution in [2.24, 2.45) is 16.7 Å². The fraction of sp³-hybridized carbons (Fsp3) is 0.556. The molecule has 6 rings (SSSR count). The summed E-state index contributed by atoms with van der Waals surface area (Å²) in [6, 6.07) is 14.3. The average molecular weight is 866 g/mol. The molecule has 0 spiro atoms. The predicted molar refractivity (Wildman–Crippen MR) is 215 cm³/mol. The van der Waals surface area contributed by atoms with Crippen LogP contribution in [-0.2, 0) is 47.5 Å². The molecule has 3 fully saturated rings. The van der Waals surface area contributed by atoms with Crippen LogP contribution in [0.15, 0.2) is 71.8 Å². The maximum absolute atomic E-state index is 14.4. The number of fused-ring (bicyclic) bond motifs is 2. The Bertz CT molecular complexity index is 2100. The molecule has 4 aliphatic rings. The van der Waals surface area contributed by atoms with Gasteiger partial charge < -0.3 is 58.6 Å². The number of hydrogen-bond donors (Lipinski definition) is 4. The number of benzene rings is 2. The van der Waals surface area contributed by atoms with Crippen LogP contribution in [-0.4, -0.2) is 118 Å². The van der Waals surface area contributed by atoms with Gasteiger partial charge in [0.15, 0.2) is 30.0 Å². The van der Waals surface area contributed by atoms with Crippen LogP contribution in [0.25, 0.3) is 0 Å². The molecule has 17 heteroatoms. The van der Waals surface area contributed by atoms with Gasteiger partial charge in [-0.15, -0.1) is 0 Å². The Labute approximate surface area is 359 Å². The Morgan fingerprint density at radius 1 is 0.984 bits per heavy atom. The second kappa shape index (κ2) is 16.7. The van der Waals surface area contributed by atoms with Crippen molar-refractivity contribution in [3.8, 4) is 0 Å². The zero-order valence-corrected chi connectivity index (χ0v) is 36.1. The van der Waals surface area contributed by atoms with Crippen LogP contribution in [0, 0.1) is 16.7 Å². The molecule has 0 radical (unpaired) electrons. The molecule has 2 unspecified atom stereocenters. The van der Waals surface area contributed by atoms with Crippen LogP contribution in [0.1, 0.15) is 90.7 Å². The summed E-state index contributed by atoms with van der Waals surface area (Å²) in [5.41, 5.74) is -8.12. The van der Waals surface area contributed by atoms with Crippen LogP contribution in [0.5, 0.6) is 0 Å². The highest BCUT2D eigenvalue weighted by Crippen LogP contribution is 2.64. The molecular formula is C45H55NO16. The van der Waals surface area contributed by atoms with Crippen LogP contribution >= 0.6 is 0 Å². The molecule has 336 valence electrons. The predicted octanol–water partition coefficient (Wildman–Crippen LogP) is 4.05. The summed E-state index contributed by atoms with van der Waals surface area (Å²) in [7, 11) is 0. The Kier molecular flexibility index (Phi) is 12.5. The van der Waals surface area contributed by atoms with E-state index in [1.807, 2.05) is 0 Å². The first-order chi connectivity index (χ1) is 28.9. The molecule has 2 heterocycles. The minimum Gasteiger partial charge on any atom is -0.454 e. The van der Waals surface area contributed by atoms with Gasteiger partial charge in [-0.2, -0.15) is 0 Å². The maximum atomic E-state index is 14.4. The molecule has 2 aromatic carbocycles. The van der Waals surface area contributed by atoms with E-state index in [1.165, 1.54) is 32.9 Å². The van der Waals surface area contributed by atoms with Crippen molar-refractivity contribution in [2.75, 3.05) is 6.61 Å². The van der Waals surface area contributed by atoms with Gasteiger partial charge in [0.05, 0.1) is 41.8 Å². The number of nitrogens with one attached hydrogen (secondary N) is 1. The number of carbonyl (C=O) groups is 6.